The molecule has 0 saturated carbocycles. The van der Waals surface area contributed by atoms with Gasteiger partial charge in [-0.25, -0.2) is 9.78 Å². The number of hydrogen-bond acceptors (Lipinski definition) is 7. The van der Waals surface area contributed by atoms with Crippen molar-refractivity contribution in [2.45, 2.75) is 20.0 Å². The normalized spacial score (nSPS) is 12.3. The van der Waals surface area contributed by atoms with Gasteiger partial charge in [-0.05, 0) is 83.9 Å². The Hall–Kier alpha value is -3.96. The van der Waals surface area contributed by atoms with E-state index in [0.717, 1.165) is 9.86 Å². The van der Waals surface area contributed by atoms with Gasteiger partial charge in [0.05, 0.1) is 28.2 Å². The topological polar surface area (TPSA) is 116 Å². The number of fused-ring (bicyclic) bond motifs is 2. The van der Waals surface area contributed by atoms with Crippen LogP contribution in [0.1, 0.15) is 19.4 Å². The predicted molar refractivity (Wildman–Crippen MR) is 155 cm³/mol. The van der Waals surface area contributed by atoms with E-state index in [1.165, 1.54) is 17.8 Å². The molecule has 0 saturated heterocycles. The van der Waals surface area contributed by atoms with Crippen LogP contribution in [0.4, 0.5) is 0 Å². The molecule has 1 atom stereocenters. The quantitative estimate of drug-likeness (QED) is 0.191. The molecule has 3 aromatic carbocycles. The van der Waals surface area contributed by atoms with E-state index in [0.29, 0.717) is 44.6 Å². The van der Waals surface area contributed by atoms with E-state index in [4.69, 9.17) is 18.9 Å². The number of rotatable bonds is 8. The van der Waals surface area contributed by atoms with Crippen LogP contribution in [-0.2, 0) is 4.79 Å². The molecular formula is C28H21Br2N3O6. The Bertz CT molecular complexity index is 1810. The number of nitrogens with zero attached hydrogens (tertiary/aromatic N) is 3. The molecule has 0 bridgehead atoms. The third-order valence-electron chi connectivity index (χ3n) is 5.75. The summed E-state index contributed by atoms with van der Waals surface area (Å²) in [6.45, 7) is 3.56. The third kappa shape index (κ3) is 5.45. The zero-order valence-electron chi connectivity index (χ0n) is 20.7. The molecule has 9 nitrogen and oxygen atoms in total. The Labute approximate surface area is 238 Å². The molecule has 0 aliphatic rings. The fraction of sp³-hybridized carbons (Fsp3) is 0.143. The van der Waals surface area contributed by atoms with Gasteiger partial charge in [0, 0.05) is 9.86 Å². The van der Waals surface area contributed by atoms with Crippen molar-refractivity contribution in [1.82, 2.24) is 9.66 Å². The van der Waals surface area contributed by atoms with Gasteiger partial charge >= 0.3 is 5.97 Å². The van der Waals surface area contributed by atoms with Crippen LogP contribution in [0.5, 0.6) is 11.5 Å². The number of aliphatic carboxylic acids is 1. The zero-order valence-corrected chi connectivity index (χ0v) is 23.9. The highest BCUT2D eigenvalue weighted by molar-refractivity contribution is 9.10. The number of halogens is 2. The summed E-state index contributed by atoms with van der Waals surface area (Å²) >= 11 is 6.90. The van der Waals surface area contributed by atoms with E-state index in [1.54, 1.807) is 37.3 Å². The summed E-state index contributed by atoms with van der Waals surface area (Å²) in [4.78, 5) is 29.5. The zero-order chi connectivity index (χ0) is 27.7. The van der Waals surface area contributed by atoms with Crippen LogP contribution in [0.15, 0.2) is 83.9 Å². The van der Waals surface area contributed by atoms with Gasteiger partial charge in [0.15, 0.2) is 23.4 Å². The maximum atomic E-state index is 13.5. The van der Waals surface area contributed by atoms with Crippen LogP contribution < -0.4 is 15.0 Å². The second kappa shape index (κ2) is 11.0. The molecule has 198 valence electrons. The number of furan rings is 1. The number of ether oxygens (including phenoxy) is 2. The first kappa shape index (κ1) is 26.6. The average molecular weight is 655 g/mol. The summed E-state index contributed by atoms with van der Waals surface area (Å²) in [6.07, 6.45) is 0.396. The van der Waals surface area contributed by atoms with E-state index in [1.807, 2.05) is 30.3 Å². The van der Waals surface area contributed by atoms with E-state index >= 15 is 0 Å². The lowest BCUT2D eigenvalue weighted by Gasteiger charge is -2.17. The number of aromatic nitrogens is 2. The molecule has 0 unspecified atom stereocenters. The molecule has 39 heavy (non-hydrogen) atoms. The van der Waals surface area contributed by atoms with Gasteiger partial charge < -0.3 is 19.0 Å². The Balaban J connectivity index is 1.63. The van der Waals surface area contributed by atoms with E-state index < -0.39 is 12.1 Å². The third-order valence-corrected chi connectivity index (χ3v) is 6.83. The molecule has 1 N–H and O–H groups in total. The number of para-hydroxylation sites is 1. The lowest BCUT2D eigenvalue weighted by molar-refractivity contribution is -0.144. The standard InChI is InChI=1S/C28H21Br2N3O6/c1-3-37-23-11-16(10-20(30)25(23)38-15(2)28(35)36)14-31-33-26(32-21-7-5-4-6-19(21)27(33)34)24-13-17-12-18(29)8-9-22(17)39-24/h4-15H,3H2,1-2H3,(H,35,36)/t15-/m0/s1. The number of carboxylic acid groups (broad SMARTS) is 1. The van der Waals surface area contributed by atoms with Crippen molar-refractivity contribution in [3.05, 3.63) is 85.5 Å². The summed E-state index contributed by atoms with van der Waals surface area (Å²) < 4.78 is 19.9. The van der Waals surface area contributed by atoms with E-state index in [-0.39, 0.29) is 17.1 Å². The number of hydrogen-bond donors (Lipinski definition) is 1. The molecule has 0 spiro atoms. The second-order valence-corrected chi connectivity index (χ2v) is 10.2. The van der Waals surface area contributed by atoms with Gasteiger partial charge in [-0.3, -0.25) is 4.79 Å². The Morgan fingerprint density at radius 3 is 2.74 bits per heavy atom. The molecule has 5 rings (SSSR count). The van der Waals surface area contributed by atoms with Crippen molar-refractivity contribution in [1.29, 1.82) is 0 Å². The summed E-state index contributed by atoms with van der Waals surface area (Å²) in [6, 6.07) is 17.8. The smallest absolute Gasteiger partial charge is 0.344 e. The van der Waals surface area contributed by atoms with Crippen LogP contribution in [0.25, 0.3) is 33.5 Å². The van der Waals surface area contributed by atoms with Crippen molar-refractivity contribution in [3.8, 4) is 23.1 Å². The molecule has 0 fully saturated rings. The Morgan fingerprint density at radius 2 is 1.97 bits per heavy atom. The number of benzene rings is 3. The highest BCUT2D eigenvalue weighted by atomic mass is 79.9. The number of carbonyl (C=O) groups is 1. The van der Waals surface area contributed by atoms with E-state index in [9.17, 15) is 14.7 Å². The lowest BCUT2D eigenvalue weighted by Crippen LogP contribution is -2.23. The Morgan fingerprint density at radius 1 is 1.18 bits per heavy atom. The van der Waals surface area contributed by atoms with Crippen LogP contribution in [0.3, 0.4) is 0 Å². The Kier molecular flexibility index (Phi) is 7.53. The van der Waals surface area contributed by atoms with Crippen molar-refractivity contribution < 1.29 is 23.8 Å². The minimum absolute atomic E-state index is 0.238. The molecule has 0 radical (unpaired) electrons. The van der Waals surface area contributed by atoms with Crippen LogP contribution in [-0.4, -0.2) is 39.7 Å². The molecule has 2 aromatic heterocycles. The minimum Gasteiger partial charge on any atom is -0.490 e. The predicted octanol–water partition coefficient (Wildman–Crippen LogP) is 6.47. The van der Waals surface area contributed by atoms with Crippen LogP contribution in [0, 0.1) is 0 Å². The fourth-order valence-corrected chi connectivity index (χ4v) is 4.84. The minimum atomic E-state index is -1.11. The molecule has 0 amide bonds. The van der Waals surface area contributed by atoms with Gasteiger partial charge in [-0.2, -0.15) is 9.78 Å². The van der Waals surface area contributed by atoms with Crippen LogP contribution in [0.2, 0.25) is 0 Å². The first-order valence-corrected chi connectivity index (χ1v) is 13.4. The molecular weight excluding hydrogens is 634 g/mol. The lowest BCUT2D eigenvalue weighted by atomic mass is 10.2. The van der Waals surface area contributed by atoms with Gasteiger partial charge in [0.25, 0.3) is 5.56 Å². The van der Waals surface area contributed by atoms with Gasteiger partial charge in [-0.15, -0.1) is 0 Å². The molecule has 2 heterocycles. The maximum absolute atomic E-state index is 13.5. The van der Waals surface area contributed by atoms with Crippen LogP contribution >= 0.6 is 31.9 Å². The highest BCUT2D eigenvalue weighted by Crippen LogP contribution is 2.37. The van der Waals surface area contributed by atoms with Gasteiger partial charge in [-0.1, -0.05) is 28.1 Å². The molecule has 5 aromatic rings. The summed E-state index contributed by atoms with van der Waals surface area (Å²) in [5, 5.41) is 15.0. The second-order valence-electron chi connectivity index (χ2n) is 8.47. The van der Waals surface area contributed by atoms with Crippen molar-refractivity contribution in [3.63, 3.8) is 0 Å². The summed E-state index contributed by atoms with van der Waals surface area (Å²) in [5.41, 5.74) is 1.36. The average Bonchev–Trinajstić information content (AvgIpc) is 3.33. The SMILES string of the molecule is CCOc1cc(C=Nn2c(-c3cc4cc(Br)ccc4o3)nc3ccccc3c2=O)cc(Br)c1O[C@@H](C)C(=O)O. The van der Waals surface area contributed by atoms with Crippen molar-refractivity contribution in [2.75, 3.05) is 6.61 Å². The molecule has 0 aliphatic carbocycles. The van der Waals surface area contributed by atoms with Gasteiger partial charge in [0.2, 0.25) is 5.82 Å². The van der Waals surface area contributed by atoms with Gasteiger partial charge in [0.1, 0.15) is 5.58 Å². The highest BCUT2D eigenvalue weighted by Gasteiger charge is 2.20. The largest absolute Gasteiger partial charge is 0.490 e. The first-order chi connectivity index (χ1) is 18.7. The first-order valence-electron chi connectivity index (χ1n) is 11.9. The maximum Gasteiger partial charge on any atom is 0.344 e. The number of carboxylic acids is 1. The monoisotopic (exact) mass is 653 g/mol. The fourth-order valence-electron chi connectivity index (χ4n) is 3.91. The van der Waals surface area contributed by atoms with Crippen molar-refractivity contribution >= 4 is 65.9 Å². The van der Waals surface area contributed by atoms with Crippen molar-refractivity contribution in [2.24, 2.45) is 5.10 Å². The molecule has 11 heteroatoms. The van der Waals surface area contributed by atoms with E-state index in [2.05, 4.69) is 37.0 Å². The summed E-state index contributed by atoms with van der Waals surface area (Å²) in [5.74, 6) is 0.0898. The summed E-state index contributed by atoms with van der Waals surface area (Å²) in [7, 11) is 0. The molecule has 0 aliphatic heterocycles.